The number of aryl methyl sites for hydroxylation is 1. The summed E-state index contributed by atoms with van der Waals surface area (Å²) in [5.41, 5.74) is 3.63. The molecule has 0 spiro atoms. The molecule has 0 aliphatic rings. The summed E-state index contributed by atoms with van der Waals surface area (Å²) >= 11 is 0. The largest absolute Gasteiger partial charge is 0.508 e. The Hall–Kier alpha value is -3.34. The molecule has 0 aliphatic heterocycles. The van der Waals surface area contributed by atoms with E-state index in [1.54, 1.807) is 18.2 Å². The van der Waals surface area contributed by atoms with Crippen LogP contribution in [0.3, 0.4) is 0 Å². The molecule has 0 amide bonds. The van der Waals surface area contributed by atoms with Crippen molar-refractivity contribution in [2.75, 3.05) is 0 Å². The van der Waals surface area contributed by atoms with E-state index in [-0.39, 0.29) is 5.75 Å². The highest BCUT2D eigenvalue weighted by Crippen LogP contribution is 2.26. The second kappa shape index (κ2) is 7.28. The lowest BCUT2D eigenvalue weighted by atomic mass is 10.2. The smallest absolute Gasteiger partial charge is 0.118 e. The molecule has 24 heavy (non-hydrogen) atoms. The molecule has 5 heteroatoms. The van der Waals surface area contributed by atoms with Crippen LogP contribution in [0.1, 0.15) is 5.56 Å². The van der Waals surface area contributed by atoms with E-state index in [1.165, 1.54) is 0 Å². The topological polar surface area (TPSA) is 69.7 Å². The van der Waals surface area contributed by atoms with Crippen molar-refractivity contribution >= 4 is 22.7 Å². The number of phenolic OH excluding ortho intramolecular Hbond substituents is 1. The Morgan fingerprint density at radius 3 is 1.75 bits per heavy atom. The first-order valence-corrected chi connectivity index (χ1v) is 7.49. The lowest BCUT2D eigenvalue weighted by molar-refractivity contribution is 0.471. The van der Waals surface area contributed by atoms with Crippen LogP contribution < -0.4 is 0 Å². The molecular weight excluding hydrogens is 300 g/mol. The van der Waals surface area contributed by atoms with Gasteiger partial charge >= 0.3 is 0 Å². The summed E-state index contributed by atoms with van der Waals surface area (Å²) < 4.78 is 0. The molecule has 3 aromatic rings. The number of hydrogen-bond donors (Lipinski definition) is 1. The van der Waals surface area contributed by atoms with E-state index in [1.807, 2.05) is 61.5 Å². The van der Waals surface area contributed by atoms with E-state index in [4.69, 9.17) is 0 Å². The molecule has 0 atom stereocenters. The maximum absolute atomic E-state index is 9.52. The fourth-order valence-corrected chi connectivity index (χ4v) is 2.04. The summed E-state index contributed by atoms with van der Waals surface area (Å²) in [6, 6.07) is 22.0. The van der Waals surface area contributed by atoms with Crippen LogP contribution >= 0.6 is 0 Å². The van der Waals surface area contributed by atoms with Crippen LogP contribution in [-0.4, -0.2) is 5.11 Å². The van der Waals surface area contributed by atoms with E-state index in [2.05, 4.69) is 20.5 Å². The van der Waals surface area contributed by atoms with E-state index in [9.17, 15) is 5.11 Å². The van der Waals surface area contributed by atoms with Crippen molar-refractivity contribution in [2.45, 2.75) is 6.92 Å². The molecular formula is C19H16N4O. The maximum Gasteiger partial charge on any atom is 0.118 e. The first kappa shape index (κ1) is 15.6. The number of nitrogens with zero attached hydrogens (tertiary/aromatic N) is 4. The van der Waals surface area contributed by atoms with Gasteiger partial charge in [-0.3, -0.25) is 0 Å². The van der Waals surface area contributed by atoms with Gasteiger partial charge in [-0.2, -0.15) is 20.5 Å². The molecule has 0 heterocycles. The third kappa shape index (κ3) is 4.10. The van der Waals surface area contributed by atoms with Gasteiger partial charge in [-0.25, -0.2) is 0 Å². The molecule has 0 fully saturated rings. The minimum atomic E-state index is 0.247. The van der Waals surface area contributed by atoms with Crippen molar-refractivity contribution in [1.29, 1.82) is 0 Å². The van der Waals surface area contributed by atoms with Gasteiger partial charge in [0.05, 0.1) is 22.7 Å². The zero-order valence-electron chi connectivity index (χ0n) is 13.2. The number of hydrogen-bond acceptors (Lipinski definition) is 5. The van der Waals surface area contributed by atoms with Crippen molar-refractivity contribution < 1.29 is 5.11 Å². The predicted octanol–water partition coefficient (Wildman–Crippen LogP) is 6.53. The maximum atomic E-state index is 9.52. The van der Waals surface area contributed by atoms with Gasteiger partial charge in [-0.15, -0.1) is 0 Å². The Kier molecular flexibility index (Phi) is 4.72. The molecule has 118 valence electrons. The molecule has 3 rings (SSSR count). The van der Waals surface area contributed by atoms with Crippen molar-refractivity contribution in [3.63, 3.8) is 0 Å². The monoisotopic (exact) mass is 316 g/mol. The normalized spacial score (nSPS) is 11.4. The van der Waals surface area contributed by atoms with Crippen molar-refractivity contribution in [2.24, 2.45) is 20.5 Å². The van der Waals surface area contributed by atoms with Gasteiger partial charge in [0.25, 0.3) is 0 Å². The average Bonchev–Trinajstić information content (AvgIpc) is 2.62. The Morgan fingerprint density at radius 1 is 0.583 bits per heavy atom. The second-order valence-corrected chi connectivity index (χ2v) is 5.23. The van der Waals surface area contributed by atoms with E-state index >= 15 is 0 Å². The zero-order valence-corrected chi connectivity index (χ0v) is 13.2. The van der Waals surface area contributed by atoms with Crippen LogP contribution in [0.5, 0.6) is 5.75 Å². The van der Waals surface area contributed by atoms with Crippen LogP contribution in [0.25, 0.3) is 0 Å². The fraction of sp³-hybridized carbons (Fsp3) is 0.0526. The number of phenols is 1. The number of rotatable bonds is 4. The van der Waals surface area contributed by atoms with E-state index < -0.39 is 0 Å². The average molecular weight is 316 g/mol. The van der Waals surface area contributed by atoms with Crippen molar-refractivity contribution in [3.05, 3.63) is 78.4 Å². The van der Waals surface area contributed by atoms with Gasteiger partial charge in [0.1, 0.15) is 5.75 Å². The van der Waals surface area contributed by atoms with Crippen LogP contribution in [0, 0.1) is 6.92 Å². The Morgan fingerprint density at radius 2 is 1.12 bits per heavy atom. The van der Waals surface area contributed by atoms with Gasteiger partial charge in [-0.05, 0) is 61.0 Å². The number of benzene rings is 3. The minimum Gasteiger partial charge on any atom is -0.508 e. The Bertz CT molecular complexity index is 889. The summed E-state index contributed by atoms with van der Waals surface area (Å²) in [5, 5.41) is 26.3. The zero-order chi connectivity index (χ0) is 16.8. The predicted molar refractivity (Wildman–Crippen MR) is 94.1 cm³/mol. The highest BCUT2D eigenvalue weighted by Gasteiger charge is 1.98. The molecule has 0 bridgehead atoms. The lowest BCUT2D eigenvalue weighted by Gasteiger charge is -1.99. The third-order valence-corrected chi connectivity index (χ3v) is 3.33. The molecule has 1 N–H and O–H groups in total. The molecule has 0 unspecified atom stereocenters. The van der Waals surface area contributed by atoms with Crippen LogP contribution in [-0.2, 0) is 0 Å². The summed E-state index contributed by atoms with van der Waals surface area (Å²) in [6.45, 7) is 1.82. The third-order valence-electron chi connectivity index (χ3n) is 3.33. The highest BCUT2D eigenvalue weighted by molar-refractivity contribution is 5.51. The van der Waals surface area contributed by atoms with E-state index in [0.717, 1.165) is 11.3 Å². The molecule has 0 aromatic heterocycles. The number of azo groups is 2. The highest BCUT2D eigenvalue weighted by atomic mass is 16.3. The van der Waals surface area contributed by atoms with Gasteiger partial charge in [0, 0.05) is 0 Å². The van der Waals surface area contributed by atoms with Gasteiger partial charge < -0.3 is 5.11 Å². The van der Waals surface area contributed by atoms with Crippen LogP contribution in [0.15, 0.2) is 93.3 Å². The Balaban J connectivity index is 1.76. The van der Waals surface area contributed by atoms with Gasteiger partial charge in [0.2, 0.25) is 0 Å². The number of aromatic hydroxyl groups is 1. The molecule has 0 saturated carbocycles. The van der Waals surface area contributed by atoms with Crippen molar-refractivity contribution in [3.8, 4) is 5.75 Å². The first-order valence-electron chi connectivity index (χ1n) is 7.49. The second-order valence-electron chi connectivity index (χ2n) is 5.23. The molecule has 0 radical (unpaired) electrons. The molecule has 5 nitrogen and oxygen atoms in total. The summed E-state index contributed by atoms with van der Waals surface area (Å²) in [5.74, 6) is 0.247. The summed E-state index contributed by atoms with van der Waals surface area (Å²) in [6.07, 6.45) is 0. The quantitative estimate of drug-likeness (QED) is 0.546. The summed E-state index contributed by atoms with van der Waals surface area (Å²) in [4.78, 5) is 0. The van der Waals surface area contributed by atoms with Crippen LogP contribution in [0.4, 0.5) is 22.7 Å². The Labute approximate surface area is 140 Å². The molecule has 0 saturated heterocycles. The molecule has 0 aliphatic carbocycles. The minimum absolute atomic E-state index is 0.247. The summed E-state index contributed by atoms with van der Waals surface area (Å²) in [7, 11) is 0. The van der Waals surface area contributed by atoms with Gasteiger partial charge in [0.15, 0.2) is 0 Å². The molecule has 3 aromatic carbocycles. The van der Waals surface area contributed by atoms with Crippen molar-refractivity contribution in [1.82, 2.24) is 0 Å². The van der Waals surface area contributed by atoms with Crippen LogP contribution in [0.2, 0.25) is 0 Å². The standard InChI is InChI=1S/C19H16N4O/c1-14-12-18(10-11-19(14)24)23-22-17-9-5-8-16(13-17)21-20-15-6-3-2-4-7-15/h2-13,24H,1H3. The first-order chi connectivity index (χ1) is 11.7. The van der Waals surface area contributed by atoms with Gasteiger partial charge in [-0.1, -0.05) is 24.3 Å². The SMILES string of the molecule is Cc1cc(N=Nc2cccc(N=Nc3ccccc3)c2)ccc1O. The lowest BCUT2D eigenvalue weighted by Crippen LogP contribution is -1.72. The fourth-order valence-electron chi connectivity index (χ4n) is 2.04. The van der Waals surface area contributed by atoms with E-state index in [0.29, 0.717) is 17.1 Å².